The van der Waals surface area contributed by atoms with E-state index < -0.39 is 5.54 Å². The van der Waals surface area contributed by atoms with Crippen molar-refractivity contribution in [2.75, 3.05) is 20.2 Å². The smallest absolute Gasteiger partial charge is 0.246 e. The van der Waals surface area contributed by atoms with Crippen LogP contribution in [-0.2, 0) is 15.1 Å². The summed E-state index contributed by atoms with van der Waals surface area (Å²) in [5.41, 5.74) is 6.09. The number of hydrogen-bond acceptors (Lipinski definition) is 3. The molecule has 0 aliphatic carbocycles. The fraction of sp³-hybridized carbons (Fsp3) is 0.562. The van der Waals surface area contributed by atoms with Gasteiger partial charge >= 0.3 is 0 Å². The van der Waals surface area contributed by atoms with Crippen LogP contribution in [0, 0.1) is 0 Å². The quantitative estimate of drug-likeness (QED) is 0.928. The van der Waals surface area contributed by atoms with E-state index in [0.29, 0.717) is 6.54 Å². The minimum atomic E-state index is -0.995. The summed E-state index contributed by atoms with van der Waals surface area (Å²) in [6.45, 7) is 3.17. The molecule has 2 atom stereocenters. The molecule has 2 N–H and O–H groups in total. The Morgan fingerprint density at radius 3 is 2.62 bits per heavy atom. The largest absolute Gasteiger partial charge is 0.376 e. The second-order valence-electron chi connectivity index (χ2n) is 5.74. The van der Waals surface area contributed by atoms with Crippen molar-refractivity contribution in [3.05, 3.63) is 35.9 Å². The molecule has 1 fully saturated rings. The van der Waals surface area contributed by atoms with Gasteiger partial charge in [0, 0.05) is 20.2 Å². The summed E-state index contributed by atoms with van der Waals surface area (Å²) in [7, 11) is 1.80. The average molecular weight is 313 g/mol. The molecule has 0 saturated carbocycles. The molecule has 1 heterocycles. The molecule has 0 radical (unpaired) electrons. The second-order valence-corrected chi connectivity index (χ2v) is 5.74. The Morgan fingerprint density at radius 1 is 1.38 bits per heavy atom. The normalized spacial score (nSPS) is 21.0. The second kappa shape index (κ2) is 7.78. The van der Waals surface area contributed by atoms with Crippen molar-refractivity contribution < 1.29 is 9.53 Å². The van der Waals surface area contributed by atoms with Gasteiger partial charge < -0.3 is 15.4 Å². The van der Waals surface area contributed by atoms with E-state index in [9.17, 15) is 4.79 Å². The summed E-state index contributed by atoms with van der Waals surface area (Å²) in [5, 5.41) is 0. The standard InChI is InChI=1S/C16H24N2O2.ClH/c1-16(17,13-8-4-3-5-9-13)15(19)18(2)12-14-10-6-7-11-20-14;/h3-5,8-9,14H,6-7,10-12,17H2,1-2H3;1H. The topological polar surface area (TPSA) is 55.6 Å². The molecule has 1 amide bonds. The first-order chi connectivity index (χ1) is 9.51. The fourth-order valence-corrected chi connectivity index (χ4v) is 2.64. The summed E-state index contributed by atoms with van der Waals surface area (Å²) >= 11 is 0. The molecular formula is C16H25ClN2O2. The van der Waals surface area contributed by atoms with Crippen molar-refractivity contribution in [3.63, 3.8) is 0 Å². The van der Waals surface area contributed by atoms with Gasteiger partial charge in [-0.15, -0.1) is 12.4 Å². The van der Waals surface area contributed by atoms with Gasteiger partial charge in [0.2, 0.25) is 5.91 Å². The Kier molecular flexibility index (Phi) is 6.65. The fourth-order valence-electron chi connectivity index (χ4n) is 2.64. The predicted molar refractivity (Wildman–Crippen MR) is 86.5 cm³/mol. The molecule has 0 spiro atoms. The number of nitrogens with zero attached hydrogens (tertiary/aromatic N) is 1. The Bertz CT molecular complexity index is 445. The van der Waals surface area contributed by atoms with Crippen molar-refractivity contribution in [3.8, 4) is 0 Å². The molecule has 118 valence electrons. The minimum Gasteiger partial charge on any atom is -0.376 e. The van der Waals surface area contributed by atoms with Gasteiger partial charge in [0.1, 0.15) is 5.54 Å². The van der Waals surface area contributed by atoms with Crippen LogP contribution in [0.2, 0.25) is 0 Å². The van der Waals surface area contributed by atoms with E-state index in [2.05, 4.69) is 0 Å². The van der Waals surface area contributed by atoms with E-state index in [1.165, 1.54) is 6.42 Å². The maximum Gasteiger partial charge on any atom is 0.246 e. The lowest BCUT2D eigenvalue weighted by molar-refractivity contribution is -0.137. The Hall–Kier alpha value is -1.10. The van der Waals surface area contributed by atoms with Crippen LogP contribution in [0.25, 0.3) is 0 Å². The number of hydrogen-bond donors (Lipinski definition) is 1. The van der Waals surface area contributed by atoms with E-state index >= 15 is 0 Å². The van der Waals surface area contributed by atoms with Crippen LogP contribution in [0.15, 0.2) is 30.3 Å². The molecule has 4 nitrogen and oxygen atoms in total. The predicted octanol–water partition coefficient (Wildman–Crippen LogP) is 2.31. The monoisotopic (exact) mass is 312 g/mol. The third-order valence-electron chi connectivity index (χ3n) is 3.92. The molecule has 21 heavy (non-hydrogen) atoms. The van der Waals surface area contributed by atoms with Crippen molar-refractivity contribution in [2.24, 2.45) is 5.73 Å². The van der Waals surface area contributed by atoms with Gasteiger partial charge in [-0.1, -0.05) is 30.3 Å². The van der Waals surface area contributed by atoms with Gasteiger partial charge in [-0.3, -0.25) is 4.79 Å². The van der Waals surface area contributed by atoms with Crippen LogP contribution in [0.1, 0.15) is 31.7 Å². The van der Waals surface area contributed by atoms with Crippen LogP contribution in [0.4, 0.5) is 0 Å². The molecule has 1 aliphatic heterocycles. The number of carbonyl (C=O) groups excluding carboxylic acids is 1. The van der Waals surface area contributed by atoms with Gasteiger partial charge in [0.05, 0.1) is 6.10 Å². The molecule has 1 aliphatic rings. The number of nitrogens with two attached hydrogens (primary N) is 1. The number of rotatable bonds is 4. The highest BCUT2D eigenvalue weighted by Gasteiger charge is 2.34. The van der Waals surface area contributed by atoms with Crippen LogP contribution >= 0.6 is 12.4 Å². The molecule has 1 saturated heterocycles. The number of likely N-dealkylation sites (N-methyl/N-ethyl adjacent to an activating group) is 1. The van der Waals surface area contributed by atoms with E-state index in [1.54, 1.807) is 18.9 Å². The van der Waals surface area contributed by atoms with E-state index in [-0.39, 0.29) is 24.4 Å². The van der Waals surface area contributed by atoms with E-state index in [1.807, 2.05) is 30.3 Å². The van der Waals surface area contributed by atoms with Gasteiger partial charge in [-0.05, 0) is 31.7 Å². The highest BCUT2D eigenvalue weighted by atomic mass is 35.5. The third kappa shape index (κ3) is 4.43. The van der Waals surface area contributed by atoms with E-state index in [4.69, 9.17) is 10.5 Å². The van der Waals surface area contributed by atoms with Crippen LogP contribution in [0.3, 0.4) is 0 Å². The molecule has 2 unspecified atom stereocenters. The van der Waals surface area contributed by atoms with Crippen LogP contribution in [-0.4, -0.2) is 37.1 Å². The van der Waals surface area contributed by atoms with Gasteiger partial charge in [-0.2, -0.15) is 0 Å². The summed E-state index contributed by atoms with van der Waals surface area (Å²) in [6, 6.07) is 9.51. The number of benzene rings is 1. The van der Waals surface area contributed by atoms with E-state index in [0.717, 1.165) is 25.0 Å². The lowest BCUT2D eigenvalue weighted by Gasteiger charge is -2.33. The Balaban J connectivity index is 0.00000220. The lowest BCUT2D eigenvalue weighted by atomic mass is 9.91. The SMILES string of the molecule is CN(CC1CCCCO1)C(=O)C(C)(N)c1ccccc1.Cl. The maximum absolute atomic E-state index is 12.6. The number of amides is 1. The zero-order valence-electron chi connectivity index (χ0n) is 12.7. The van der Waals surface area contributed by atoms with Crippen LogP contribution in [0.5, 0.6) is 0 Å². The van der Waals surface area contributed by atoms with Gasteiger partial charge in [-0.25, -0.2) is 0 Å². The zero-order valence-corrected chi connectivity index (χ0v) is 13.6. The van der Waals surface area contributed by atoms with Crippen molar-refractivity contribution >= 4 is 18.3 Å². The molecular weight excluding hydrogens is 288 g/mol. The van der Waals surface area contributed by atoms with Crippen LogP contribution < -0.4 is 5.73 Å². The molecule has 0 aromatic heterocycles. The molecule has 1 aromatic carbocycles. The van der Waals surface area contributed by atoms with Crippen molar-refractivity contribution in [1.29, 1.82) is 0 Å². The van der Waals surface area contributed by atoms with Crippen molar-refractivity contribution in [1.82, 2.24) is 4.90 Å². The highest BCUT2D eigenvalue weighted by molar-refractivity contribution is 5.87. The Labute approximate surface area is 133 Å². The minimum absolute atomic E-state index is 0. The zero-order chi connectivity index (χ0) is 14.6. The first-order valence-electron chi connectivity index (χ1n) is 7.23. The molecule has 1 aromatic rings. The van der Waals surface area contributed by atoms with Gasteiger partial charge in [0.25, 0.3) is 0 Å². The lowest BCUT2D eigenvalue weighted by Crippen LogP contribution is -2.51. The first-order valence-corrected chi connectivity index (χ1v) is 7.23. The third-order valence-corrected chi connectivity index (χ3v) is 3.92. The Morgan fingerprint density at radius 2 is 2.05 bits per heavy atom. The summed E-state index contributed by atoms with van der Waals surface area (Å²) in [5.74, 6) is -0.0714. The number of carbonyl (C=O) groups is 1. The average Bonchev–Trinajstić information content (AvgIpc) is 2.48. The summed E-state index contributed by atoms with van der Waals surface area (Å²) < 4.78 is 5.68. The number of ether oxygens (including phenoxy) is 1. The number of halogens is 1. The molecule has 0 bridgehead atoms. The highest BCUT2D eigenvalue weighted by Crippen LogP contribution is 2.21. The molecule has 5 heteroatoms. The molecule has 2 rings (SSSR count). The van der Waals surface area contributed by atoms with Gasteiger partial charge in [0.15, 0.2) is 0 Å². The summed E-state index contributed by atoms with van der Waals surface area (Å²) in [4.78, 5) is 14.3. The maximum atomic E-state index is 12.6. The first kappa shape index (κ1) is 18.0. The van der Waals surface area contributed by atoms with Crippen molar-refractivity contribution in [2.45, 2.75) is 37.8 Å². The summed E-state index contributed by atoms with van der Waals surface area (Å²) in [6.07, 6.45) is 3.45.